The molecule has 6 nitrogen and oxygen atoms in total. The average Bonchev–Trinajstić information content (AvgIpc) is 3.57. The molecule has 0 fully saturated rings. The predicted molar refractivity (Wildman–Crippen MR) is 384 cm³/mol. The molecule has 0 aromatic rings. The number of amides is 1. The van der Waals surface area contributed by atoms with E-state index in [9.17, 15) is 19.8 Å². The van der Waals surface area contributed by atoms with Crippen LogP contribution in [0.4, 0.5) is 0 Å². The monoisotopic (exact) mass is 1230 g/mol. The van der Waals surface area contributed by atoms with E-state index in [1.807, 2.05) is 6.08 Å². The Labute approximate surface area is 546 Å². The summed E-state index contributed by atoms with van der Waals surface area (Å²) in [7, 11) is 0. The fraction of sp³-hybridized carbons (Fsp3) is 0.951. The number of hydrogen-bond acceptors (Lipinski definition) is 5. The molecule has 0 aliphatic carbocycles. The third-order valence-corrected chi connectivity index (χ3v) is 19.3. The van der Waals surface area contributed by atoms with Crippen LogP contribution in [0.2, 0.25) is 0 Å². The van der Waals surface area contributed by atoms with Crippen molar-refractivity contribution in [2.45, 2.75) is 482 Å². The van der Waals surface area contributed by atoms with Crippen molar-refractivity contribution in [2.24, 2.45) is 0 Å². The number of carbonyl (C=O) groups is 2. The average molecular weight is 1230 g/mol. The smallest absolute Gasteiger partial charge is 0.305 e. The zero-order valence-corrected chi connectivity index (χ0v) is 59.5. The van der Waals surface area contributed by atoms with Gasteiger partial charge in [-0.1, -0.05) is 437 Å². The SMILES string of the molecule is CCCCCCCCCCCCCCCCCCCC/C=C/C(O)C(CO)NC(=O)CCCCCCCCCCCCCCCCCCCCCCCCCCCCCCCCCCCCCCCOC(=O)CCCCCCCCCCCCCCC. The van der Waals surface area contributed by atoms with E-state index in [1.54, 1.807) is 6.08 Å². The lowest BCUT2D eigenvalue weighted by molar-refractivity contribution is -0.143. The third-order valence-electron chi connectivity index (χ3n) is 19.3. The summed E-state index contributed by atoms with van der Waals surface area (Å²) in [5, 5.41) is 23.3. The quantitative estimate of drug-likeness (QED) is 0.0320. The standard InChI is InChI=1S/C81H159NO5/c1-3-5-7-9-11-13-15-17-18-19-20-40-43-46-50-53-57-61-65-69-73-79(84)78(77-83)82-80(85)74-70-66-62-58-54-51-47-44-41-38-36-34-32-30-28-26-24-22-21-23-25-27-29-31-33-35-37-39-42-45-48-52-56-60-64-68-72-76-87-81(86)75-71-67-63-59-55-49-16-14-12-10-8-6-4-2/h69,73,78-79,83-84H,3-68,70-72,74-77H2,1-2H3,(H,82,85)/b73-69+. The Morgan fingerprint density at radius 3 is 0.782 bits per heavy atom. The molecule has 0 bridgehead atoms. The van der Waals surface area contributed by atoms with Gasteiger partial charge in [0.1, 0.15) is 0 Å². The third kappa shape index (κ3) is 73.5. The van der Waals surface area contributed by atoms with Gasteiger partial charge in [0.05, 0.1) is 25.4 Å². The molecule has 0 aliphatic heterocycles. The van der Waals surface area contributed by atoms with Gasteiger partial charge in [-0.15, -0.1) is 0 Å². The van der Waals surface area contributed by atoms with Gasteiger partial charge in [0.2, 0.25) is 5.91 Å². The molecule has 0 saturated carbocycles. The van der Waals surface area contributed by atoms with E-state index in [0.29, 0.717) is 19.4 Å². The molecule has 0 aliphatic rings. The molecule has 0 aromatic heterocycles. The number of aliphatic hydroxyl groups excluding tert-OH is 2. The number of aliphatic hydroxyl groups is 2. The molecule has 2 unspecified atom stereocenters. The van der Waals surface area contributed by atoms with Crippen molar-refractivity contribution in [3.05, 3.63) is 12.2 Å². The maximum Gasteiger partial charge on any atom is 0.305 e. The molecule has 1 amide bonds. The first-order chi connectivity index (χ1) is 43.0. The Morgan fingerprint density at radius 2 is 0.529 bits per heavy atom. The van der Waals surface area contributed by atoms with Gasteiger partial charge < -0.3 is 20.3 Å². The van der Waals surface area contributed by atoms with Crippen LogP contribution in [0.1, 0.15) is 470 Å². The summed E-state index contributed by atoms with van der Waals surface area (Å²) in [6.07, 6.45) is 97.8. The molecule has 0 saturated heterocycles. The highest BCUT2D eigenvalue weighted by Crippen LogP contribution is 2.20. The summed E-state index contributed by atoms with van der Waals surface area (Å²) in [4.78, 5) is 24.6. The number of rotatable bonds is 77. The Balaban J connectivity index is 3.31. The predicted octanol–water partition coefficient (Wildman–Crippen LogP) is 26.7. The van der Waals surface area contributed by atoms with Crippen LogP contribution < -0.4 is 5.32 Å². The van der Waals surface area contributed by atoms with E-state index >= 15 is 0 Å². The van der Waals surface area contributed by atoms with E-state index in [-0.39, 0.29) is 18.5 Å². The second kappa shape index (κ2) is 77.1. The van der Waals surface area contributed by atoms with Crippen molar-refractivity contribution in [1.82, 2.24) is 5.32 Å². The number of unbranched alkanes of at least 4 members (excludes halogenated alkanes) is 66. The highest BCUT2D eigenvalue weighted by atomic mass is 16.5. The molecular weight excluding hydrogens is 1070 g/mol. The normalized spacial score (nSPS) is 12.5. The van der Waals surface area contributed by atoms with Crippen LogP contribution in [-0.4, -0.2) is 47.4 Å². The summed E-state index contributed by atoms with van der Waals surface area (Å²) in [6, 6.07) is -0.624. The lowest BCUT2D eigenvalue weighted by Crippen LogP contribution is -2.45. The summed E-state index contributed by atoms with van der Waals surface area (Å²) >= 11 is 0. The Morgan fingerprint density at radius 1 is 0.310 bits per heavy atom. The zero-order valence-electron chi connectivity index (χ0n) is 59.5. The summed E-state index contributed by atoms with van der Waals surface area (Å²) < 4.78 is 5.50. The summed E-state index contributed by atoms with van der Waals surface area (Å²) in [6.45, 7) is 4.96. The molecule has 2 atom stereocenters. The summed E-state index contributed by atoms with van der Waals surface area (Å²) in [5.74, 6) is -0.0313. The van der Waals surface area contributed by atoms with Crippen molar-refractivity contribution < 1.29 is 24.5 Å². The van der Waals surface area contributed by atoms with E-state index in [4.69, 9.17) is 4.74 Å². The van der Waals surface area contributed by atoms with Crippen molar-refractivity contribution in [2.75, 3.05) is 13.2 Å². The molecule has 3 N–H and O–H groups in total. The molecule has 518 valence electrons. The molecule has 0 radical (unpaired) electrons. The first kappa shape index (κ1) is 85.6. The van der Waals surface area contributed by atoms with Crippen LogP contribution in [-0.2, 0) is 14.3 Å². The molecule has 0 rings (SSSR count). The van der Waals surface area contributed by atoms with Crippen LogP contribution >= 0.6 is 0 Å². The topological polar surface area (TPSA) is 95.9 Å². The number of ether oxygens (including phenoxy) is 1. The second-order valence-corrected chi connectivity index (χ2v) is 28.1. The Kier molecular flexibility index (Phi) is 75.8. The maximum atomic E-state index is 12.5. The van der Waals surface area contributed by atoms with Crippen LogP contribution in [0.3, 0.4) is 0 Å². The minimum Gasteiger partial charge on any atom is -0.466 e. The van der Waals surface area contributed by atoms with Crippen molar-refractivity contribution in [3.63, 3.8) is 0 Å². The number of allylic oxidation sites excluding steroid dienone is 1. The van der Waals surface area contributed by atoms with Crippen molar-refractivity contribution in [3.8, 4) is 0 Å². The van der Waals surface area contributed by atoms with Crippen LogP contribution in [0.15, 0.2) is 12.2 Å². The van der Waals surface area contributed by atoms with Crippen molar-refractivity contribution >= 4 is 11.9 Å². The minimum atomic E-state index is -0.841. The summed E-state index contributed by atoms with van der Waals surface area (Å²) in [5.41, 5.74) is 0. The second-order valence-electron chi connectivity index (χ2n) is 28.1. The van der Waals surface area contributed by atoms with Crippen LogP contribution in [0, 0.1) is 0 Å². The van der Waals surface area contributed by atoms with Crippen LogP contribution in [0.25, 0.3) is 0 Å². The first-order valence-corrected chi connectivity index (χ1v) is 40.5. The first-order valence-electron chi connectivity index (χ1n) is 40.5. The highest BCUT2D eigenvalue weighted by Gasteiger charge is 2.18. The zero-order chi connectivity index (χ0) is 62.8. The highest BCUT2D eigenvalue weighted by molar-refractivity contribution is 5.76. The van der Waals surface area contributed by atoms with Gasteiger partial charge in [-0.3, -0.25) is 9.59 Å². The van der Waals surface area contributed by atoms with E-state index in [0.717, 1.165) is 38.5 Å². The minimum absolute atomic E-state index is 0.0259. The van der Waals surface area contributed by atoms with E-state index in [1.165, 1.54) is 405 Å². The number of esters is 1. The van der Waals surface area contributed by atoms with Gasteiger partial charge in [0.15, 0.2) is 0 Å². The fourth-order valence-corrected chi connectivity index (χ4v) is 13.2. The largest absolute Gasteiger partial charge is 0.466 e. The maximum absolute atomic E-state index is 12.5. The molecule has 0 heterocycles. The van der Waals surface area contributed by atoms with E-state index < -0.39 is 12.1 Å². The van der Waals surface area contributed by atoms with Gasteiger partial charge in [-0.2, -0.15) is 0 Å². The lowest BCUT2D eigenvalue weighted by Gasteiger charge is -2.20. The number of carbonyl (C=O) groups excluding carboxylic acids is 2. The van der Waals surface area contributed by atoms with E-state index in [2.05, 4.69) is 19.2 Å². The molecular formula is C81H159NO5. The van der Waals surface area contributed by atoms with Gasteiger partial charge in [0.25, 0.3) is 0 Å². The molecule has 87 heavy (non-hydrogen) atoms. The van der Waals surface area contributed by atoms with Gasteiger partial charge in [0, 0.05) is 12.8 Å². The Bertz CT molecular complexity index is 1320. The van der Waals surface area contributed by atoms with Crippen LogP contribution in [0.5, 0.6) is 0 Å². The lowest BCUT2D eigenvalue weighted by atomic mass is 10.0. The van der Waals surface area contributed by atoms with Gasteiger partial charge in [-0.25, -0.2) is 0 Å². The molecule has 0 aromatic carbocycles. The molecule has 6 heteroatoms. The van der Waals surface area contributed by atoms with Gasteiger partial charge in [-0.05, 0) is 32.1 Å². The fourth-order valence-electron chi connectivity index (χ4n) is 13.2. The molecule has 0 spiro atoms. The Hall–Kier alpha value is -1.40. The number of nitrogens with one attached hydrogen (secondary N) is 1. The van der Waals surface area contributed by atoms with Gasteiger partial charge >= 0.3 is 5.97 Å². The number of hydrogen-bond donors (Lipinski definition) is 3. The van der Waals surface area contributed by atoms with Crippen molar-refractivity contribution in [1.29, 1.82) is 0 Å².